The molecule has 0 radical (unpaired) electrons. The predicted octanol–water partition coefficient (Wildman–Crippen LogP) is 2.07. The Morgan fingerprint density at radius 1 is 1.13 bits per heavy atom. The van der Waals surface area contributed by atoms with Gasteiger partial charge in [0.25, 0.3) is 15.9 Å². The van der Waals surface area contributed by atoms with Gasteiger partial charge in [-0.15, -0.1) is 0 Å². The molecular formula is C19H22N6O5S. The lowest BCUT2D eigenvalue weighted by Crippen LogP contribution is -2.15. The normalized spacial score (nSPS) is 11.1. The fourth-order valence-electron chi connectivity index (χ4n) is 2.75. The van der Waals surface area contributed by atoms with Crippen LogP contribution in [0.1, 0.15) is 23.0 Å². The van der Waals surface area contributed by atoms with E-state index < -0.39 is 10.0 Å². The average Bonchev–Trinajstić information content (AvgIpc) is 3.14. The van der Waals surface area contributed by atoms with Crippen molar-refractivity contribution in [2.75, 3.05) is 24.3 Å². The van der Waals surface area contributed by atoms with Crippen molar-refractivity contribution in [2.45, 2.75) is 25.3 Å². The van der Waals surface area contributed by atoms with Gasteiger partial charge in [-0.05, 0) is 38.1 Å². The molecule has 1 amide bonds. The number of sulfonamides is 1. The van der Waals surface area contributed by atoms with Gasteiger partial charge < -0.3 is 14.8 Å². The number of nitrogens with zero attached hydrogens (tertiary/aromatic N) is 4. The predicted molar refractivity (Wildman–Crippen MR) is 113 cm³/mol. The van der Waals surface area contributed by atoms with Crippen molar-refractivity contribution in [1.82, 2.24) is 19.7 Å². The fraction of sp³-hybridized carbons (Fsp3) is 0.263. The van der Waals surface area contributed by atoms with Crippen LogP contribution in [-0.4, -0.2) is 48.3 Å². The van der Waals surface area contributed by atoms with Gasteiger partial charge in [-0.25, -0.2) is 8.42 Å². The summed E-state index contributed by atoms with van der Waals surface area (Å²) >= 11 is 0. The molecule has 164 valence electrons. The van der Waals surface area contributed by atoms with Crippen LogP contribution in [0.4, 0.5) is 11.5 Å². The van der Waals surface area contributed by atoms with Crippen molar-refractivity contribution in [1.29, 1.82) is 0 Å². The Hall–Kier alpha value is -3.67. The Balaban J connectivity index is 1.75. The quantitative estimate of drug-likeness (QED) is 0.536. The van der Waals surface area contributed by atoms with Gasteiger partial charge in [0.1, 0.15) is 0 Å². The van der Waals surface area contributed by atoms with E-state index in [-0.39, 0.29) is 28.5 Å². The molecule has 0 bridgehead atoms. The van der Waals surface area contributed by atoms with Gasteiger partial charge in [0, 0.05) is 24.0 Å². The van der Waals surface area contributed by atoms with Crippen LogP contribution in [0, 0.1) is 6.92 Å². The molecule has 0 atom stereocenters. The number of aryl methyl sites for hydroxylation is 1. The van der Waals surface area contributed by atoms with E-state index in [1.807, 2.05) is 13.8 Å². The zero-order valence-electron chi connectivity index (χ0n) is 17.4. The molecule has 12 heteroatoms. The molecule has 0 saturated heterocycles. The highest BCUT2D eigenvalue weighted by Crippen LogP contribution is 2.22. The number of hydrogen-bond acceptors (Lipinski definition) is 8. The summed E-state index contributed by atoms with van der Waals surface area (Å²) in [6, 6.07) is 7.01. The Kier molecular flexibility index (Phi) is 6.39. The summed E-state index contributed by atoms with van der Waals surface area (Å²) in [7, 11) is -1.20. The standard InChI is InChI=1S/C19H22N6O5S/c1-5-25-12(2)15(11-20-25)18(26)21-13-6-8-14(9-7-13)31(27,28)24-16-10-17(29-3)23-19(22-16)30-4/h6-11H,5H2,1-4H3,(H,21,26)(H,22,23,24). The number of anilines is 2. The number of carbonyl (C=O) groups excluding carboxylic acids is 1. The maximum atomic E-state index is 12.7. The van der Waals surface area contributed by atoms with E-state index in [1.165, 1.54) is 50.7 Å². The highest BCUT2D eigenvalue weighted by atomic mass is 32.2. The summed E-state index contributed by atoms with van der Waals surface area (Å²) in [6.45, 7) is 4.40. The molecule has 0 aliphatic carbocycles. The molecule has 0 unspecified atom stereocenters. The van der Waals surface area contributed by atoms with E-state index in [0.717, 1.165) is 5.69 Å². The summed E-state index contributed by atoms with van der Waals surface area (Å²) in [5, 5.41) is 6.88. The molecule has 2 heterocycles. The third-order valence-corrected chi connectivity index (χ3v) is 5.75. The molecule has 11 nitrogen and oxygen atoms in total. The SMILES string of the molecule is CCn1ncc(C(=O)Nc2ccc(S(=O)(=O)Nc3cc(OC)nc(OC)n3)cc2)c1C. The monoisotopic (exact) mass is 446 g/mol. The smallest absolute Gasteiger partial charge is 0.321 e. The minimum Gasteiger partial charge on any atom is -0.481 e. The van der Waals surface area contributed by atoms with Crippen LogP contribution < -0.4 is 19.5 Å². The number of benzene rings is 1. The lowest BCUT2D eigenvalue weighted by atomic mass is 10.2. The lowest BCUT2D eigenvalue weighted by molar-refractivity contribution is 0.102. The van der Waals surface area contributed by atoms with Crippen LogP contribution in [0.2, 0.25) is 0 Å². The summed E-state index contributed by atoms with van der Waals surface area (Å²) in [5.74, 6) is -0.195. The van der Waals surface area contributed by atoms with Crippen molar-refractivity contribution in [2.24, 2.45) is 0 Å². The van der Waals surface area contributed by atoms with Crippen molar-refractivity contribution >= 4 is 27.4 Å². The van der Waals surface area contributed by atoms with Gasteiger partial charge in [-0.2, -0.15) is 15.1 Å². The van der Waals surface area contributed by atoms with Crippen LogP contribution in [0.25, 0.3) is 0 Å². The molecule has 0 saturated carbocycles. The molecule has 31 heavy (non-hydrogen) atoms. The second-order valence-electron chi connectivity index (χ2n) is 6.33. The zero-order chi connectivity index (χ0) is 22.6. The Labute approximate surface area is 179 Å². The van der Waals surface area contributed by atoms with E-state index in [9.17, 15) is 13.2 Å². The van der Waals surface area contributed by atoms with Gasteiger partial charge in [0.2, 0.25) is 5.88 Å². The number of hydrogen-bond donors (Lipinski definition) is 2. The summed E-state index contributed by atoms with van der Waals surface area (Å²) in [4.78, 5) is 20.3. The van der Waals surface area contributed by atoms with Crippen LogP contribution in [0.5, 0.6) is 11.9 Å². The van der Waals surface area contributed by atoms with E-state index in [4.69, 9.17) is 9.47 Å². The second-order valence-corrected chi connectivity index (χ2v) is 8.01. The van der Waals surface area contributed by atoms with Crippen LogP contribution >= 0.6 is 0 Å². The number of rotatable bonds is 8. The van der Waals surface area contributed by atoms with Crippen molar-refractivity contribution in [3.8, 4) is 11.9 Å². The molecule has 1 aromatic carbocycles. The molecule has 0 fully saturated rings. The largest absolute Gasteiger partial charge is 0.481 e. The first-order valence-corrected chi connectivity index (χ1v) is 10.7. The number of methoxy groups -OCH3 is 2. The summed E-state index contributed by atoms with van der Waals surface area (Å²) in [5.41, 5.74) is 1.64. The van der Waals surface area contributed by atoms with Gasteiger partial charge in [0.15, 0.2) is 5.82 Å². The molecule has 0 spiro atoms. The molecule has 2 aromatic heterocycles. The van der Waals surface area contributed by atoms with Crippen molar-refractivity contribution < 1.29 is 22.7 Å². The Bertz CT molecular complexity index is 1170. The molecule has 0 aliphatic heterocycles. The highest BCUT2D eigenvalue weighted by Gasteiger charge is 2.18. The topological polar surface area (TPSA) is 137 Å². The first-order valence-electron chi connectivity index (χ1n) is 9.21. The number of carbonyl (C=O) groups is 1. The van der Waals surface area contributed by atoms with E-state index in [1.54, 1.807) is 4.68 Å². The third kappa shape index (κ3) is 4.91. The first-order chi connectivity index (χ1) is 14.8. The van der Waals surface area contributed by atoms with E-state index in [2.05, 4.69) is 25.1 Å². The van der Waals surface area contributed by atoms with Crippen LogP contribution in [0.3, 0.4) is 0 Å². The van der Waals surface area contributed by atoms with E-state index >= 15 is 0 Å². The Morgan fingerprint density at radius 2 is 1.84 bits per heavy atom. The maximum absolute atomic E-state index is 12.7. The second kappa shape index (κ2) is 9.00. The maximum Gasteiger partial charge on any atom is 0.321 e. The first kappa shape index (κ1) is 22.0. The van der Waals surface area contributed by atoms with Crippen LogP contribution in [-0.2, 0) is 16.6 Å². The van der Waals surface area contributed by atoms with Crippen molar-refractivity contribution in [3.05, 3.63) is 47.8 Å². The van der Waals surface area contributed by atoms with E-state index in [0.29, 0.717) is 17.8 Å². The molecular weight excluding hydrogens is 424 g/mol. The Morgan fingerprint density at radius 3 is 2.42 bits per heavy atom. The average molecular weight is 446 g/mol. The van der Waals surface area contributed by atoms with Crippen LogP contribution in [0.15, 0.2) is 41.4 Å². The molecule has 3 rings (SSSR count). The molecule has 0 aliphatic rings. The third-order valence-electron chi connectivity index (χ3n) is 4.38. The minimum absolute atomic E-state index is 0.00973. The summed E-state index contributed by atoms with van der Waals surface area (Å²) in [6.07, 6.45) is 1.50. The number of ether oxygens (including phenoxy) is 2. The number of amides is 1. The molecule has 3 aromatic rings. The zero-order valence-corrected chi connectivity index (χ0v) is 18.2. The van der Waals surface area contributed by atoms with Gasteiger partial charge in [0.05, 0.1) is 30.9 Å². The van der Waals surface area contributed by atoms with Gasteiger partial charge in [-0.1, -0.05) is 0 Å². The summed E-state index contributed by atoms with van der Waals surface area (Å²) < 4.78 is 39.4. The van der Waals surface area contributed by atoms with Gasteiger partial charge >= 0.3 is 6.01 Å². The lowest BCUT2D eigenvalue weighted by Gasteiger charge is -2.10. The number of nitrogens with one attached hydrogen (secondary N) is 2. The number of aromatic nitrogens is 4. The minimum atomic E-state index is -3.94. The highest BCUT2D eigenvalue weighted by molar-refractivity contribution is 7.92. The fourth-order valence-corrected chi connectivity index (χ4v) is 3.74. The van der Waals surface area contributed by atoms with Gasteiger partial charge in [-0.3, -0.25) is 14.2 Å². The van der Waals surface area contributed by atoms with Crippen molar-refractivity contribution in [3.63, 3.8) is 0 Å². The molecule has 2 N–H and O–H groups in total.